The lowest BCUT2D eigenvalue weighted by Gasteiger charge is -2.29. The van der Waals surface area contributed by atoms with Gasteiger partial charge in [0.15, 0.2) is 11.6 Å². The molecule has 3 heterocycles. The number of nitrogens with two attached hydrogens (primary N) is 2. The van der Waals surface area contributed by atoms with E-state index in [4.69, 9.17) is 30.8 Å². The van der Waals surface area contributed by atoms with Crippen LogP contribution in [0.3, 0.4) is 0 Å². The van der Waals surface area contributed by atoms with Crippen molar-refractivity contribution in [2.24, 2.45) is 11.7 Å². The van der Waals surface area contributed by atoms with E-state index in [1.165, 1.54) is 13.3 Å². The van der Waals surface area contributed by atoms with E-state index in [-0.39, 0.29) is 34.5 Å². The number of benzene rings is 1. The Balaban J connectivity index is 0.000000426. The molecule has 2 aromatic rings. The number of halogens is 4. The average Bonchev–Trinajstić information content (AvgIpc) is 3.51. The highest BCUT2D eigenvalue weighted by Crippen LogP contribution is 2.49. The Kier molecular flexibility index (Phi) is 6.95. The molecule has 11 nitrogen and oxygen atoms in total. The number of carboxylic acids is 2. The molecule has 208 valence electrons. The first-order valence-corrected chi connectivity index (χ1v) is 11.6. The number of hydrogen-bond acceptors (Lipinski definition) is 8. The van der Waals surface area contributed by atoms with Gasteiger partial charge < -0.3 is 40.6 Å². The largest absolute Gasteiger partial charge is 0.492 e. The van der Waals surface area contributed by atoms with Crippen molar-refractivity contribution in [2.75, 3.05) is 44.0 Å². The number of carbonyl (C=O) groups is 2. The number of methoxy groups -OCH3 is 1. The molecule has 15 heteroatoms. The SMILES string of the molecule is COc1c(N2CC3CCOC3(CN)C2)c(F)c(N)c2c(=O)c(C(=O)O)cn(C3CC3)c12.O=C(O)C(F)(F)F. The molecule has 0 radical (unpaired) electrons. The zero-order valence-electron chi connectivity index (χ0n) is 20.2. The fraction of sp³-hybridized carbons (Fsp3) is 0.522. The van der Waals surface area contributed by atoms with Gasteiger partial charge in [-0.05, 0) is 19.3 Å². The average molecular weight is 546 g/mol. The molecule has 3 fully saturated rings. The van der Waals surface area contributed by atoms with Gasteiger partial charge in [-0.1, -0.05) is 0 Å². The summed E-state index contributed by atoms with van der Waals surface area (Å²) in [5.41, 5.74) is 10.5. The molecule has 0 spiro atoms. The van der Waals surface area contributed by atoms with Crippen LogP contribution in [0.4, 0.5) is 28.9 Å². The van der Waals surface area contributed by atoms with Crippen LogP contribution in [-0.4, -0.2) is 71.8 Å². The lowest BCUT2D eigenvalue weighted by molar-refractivity contribution is -0.192. The number of rotatable bonds is 5. The Morgan fingerprint density at radius 2 is 1.89 bits per heavy atom. The fourth-order valence-corrected chi connectivity index (χ4v) is 5.16. The van der Waals surface area contributed by atoms with Crippen molar-refractivity contribution in [3.8, 4) is 5.75 Å². The number of fused-ring (bicyclic) bond motifs is 2. The molecular formula is C23H26F4N4O7. The minimum Gasteiger partial charge on any atom is -0.492 e. The van der Waals surface area contributed by atoms with Gasteiger partial charge in [0.1, 0.15) is 16.9 Å². The van der Waals surface area contributed by atoms with E-state index in [0.717, 1.165) is 19.3 Å². The second kappa shape index (κ2) is 9.62. The van der Waals surface area contributed by atoms with Crippen molar-refractivity contribution < 1.29 is 46.8 Å². The highest BCUT2D eigenvalue weighted by Gasteiger charge is 2.51. The van der Waals surface area contributed by atoms with Gasteiger partial charge in [0.2, 0.25) is 5.43 Å². The van der Waals surface area contributed by atoms with Crippen LogP contribution in [0.25, 0.3) is 10.9 Å². The van der Waals surface area contributed by atoms with Crippen LogP contribution in [0.2, 0.25) is 0 Å². The molecule has 2 unspecified atom stereocenters. The molecular weight excluding hydrogens is 520 g/mol. The highest BCUT2D eigenvalue weighted by molar-refractivity contribution is 6.03. The first-order chi connectivity index (χ1) is 17.8. The van der Waals surface area contributed by atoms with Gasteiger partial charge >= 0.3 is 18.1 Å². The van der Waals surface area contributed by atoms with Crippen LogP contribution < -0.4 is 26.5 Å². The Bertz CT molecular complexity index is 1360. The molecule has 1 aromatic heterocycles. The minimum atomic E-state index is -5.08. The molecule has 5 rings (SSSR count). The monoisotopic (exact) mass is 546 g/mol. The Morgan fingerprint density at radius 1 is 1.26 bits per heavy atom. The van der Waals surface area contributed by atoms with Crippen molar-refractivity contribution in [3.05, 3.63) is 27.8 Å². The second-order valence-electron chi connectivity index (χ2n) is 9.44. The molecule has 0 bridgehead atoms. The summed E-state index contributed by atoms with van der Waals surface area (Å²) < 4.78 is 60.7. The van der Waals surface area contributed by atoms with E-state index in [2.05, 4.69) is 0 Å². The number of hydrogen-bond donors (Lipinski definition) is 4. The molecule has 6 N–H and O–H groups in total. The lowest BCUT2D eigenvalue weighted by Crippen LogP contribution is -2.44. The fourth-order valence-electron chi connectivity index (χ4n) is 5.16. The number of aromatic carboxylic acids is 1. The number of aliphatic carboxylic acids is 1. The van der Waals surface area contributed by atoms with Crippen molar-refractivity contribution in [3.63, 3.8) is 0 Å². The van der Waals surface area contributed by atoms with E-state index in [1.54, 1.807) is 4.57 Å². The third kappa shape index (κ3) is 4.49. The summed E-state index contributed by atoms with van der Waals surface area (Å²) in [5.74, 6) is -4.60. The Labute approximate surface area is 212 Å². The number of nitrogen functional groups attached to an aromatic ring is 1. The van der Waals surface area contributed by atoms with Crippen LogP contribution in [-0.2, 0) is 9.53 Å². The number of alkyl halides is 3. The Hall–Kier alpha value is -3.59. The number of aromatic nitrogens is 1. The minimum absolute atomic E-state index is 0.00415. The van der Waals surface area contributed by atoms with Crippen molar-refractivity contribution in [1.82, 2.24) is 4.57 Å². The summed E-state index contributed by atoms with van der Waals surface area (Å²) >= 11 is 0. The maximum Gasteiger partial charge on any atom is 0.490 e. The number of ether oxygens (including phenoxy) is 2. The molecule has 2 saturated heterocycles. The number of carboxylic acid groups (broad SMARTS) is 2. The van der Waals surface area contributed by atoms with Crippen LogP contribution >= 0.6 is 0 Å². The maximum absolute atomic E-state index is 15.7. The van der Waals surface area contributed by atoms with Gasteiger partial charge in [-0.15, -0.1) is 0 Å². The van der Waals surface area contributed by atoms with E-state index in [9.17, 15) is 27.9 Å². The predicted molar refractivity (Wildman–Crippen MR) is 126 cm³/mol. The summed E-state index contributed by atoms with van der Waals surface area (Å²) in [4.78, 5) is 35.3. The van der Waals surface area contributed by atoms with E-state index in [0.29, 0.717) is 31.8 Å². The molecule has 2 aliphatic heterocycles. The molecule has 1 aromatic carbocycles. The van der Waals surface area contributed by atoms with Gasteiger partial charge in [-0.25, -0.2) is 14.0 Å². The van der Waals surface area contributed by atoms with E-state index in [1.807, 2.05) is 4.90 Å². The summed E-state index contributed by atoms with van der Waals surface area (Å²) in [6.07, 6.45) is -1.29. The van der Waals surface area contributed by atoms with Crippen LogP contribution in [0.1, 0.15) is 35.7 Å². The number of pyridine rings is 1. The van der Waals surface area contributed by atoms with Crippen molar-refractivity contribution >= 4 is 34.2 Å². The molecule has 38 heavy (non-hydrogen) atoms. The summed E-state index contributed by atoms with van der Waals surface area (Å²) in [5, 5.41) is 16.5. The number of anilines is 2. The topological polar surface area (TPSA) is 170 Å². The molecule has 1 aliphatic carbocycles. The zero-order chi connectivity index (χ0) is 28.2. The van der Waals surface area contributed by atoms with Crippen LogP contribution in [0.5, 0.6) is 5.75 Å². The van der Waals surface area contributed by atoms with Gasteiger partial charge in [0.05, 0.1) is 23.7 Å². The lowest BCUT2D eigenvalue weighted by atomic mass is 9.91. The van der Waals surface area contributed by atoms with E-state index >= 15 is 4.39 Å². The van der Waals surface area contributed by atoms with Crippen molar-refractivity contribution in [2.45, 2.75) is 37.1 Å². The summed E-state index contributed by atoms with van der Waals surface area (Å²) in [7, 11) is 1.41. The van der Waals surface area contributed by atoms with Gasteiger partial charge in [0, 0.05) is 44.4 Å². The summed E-state index contributed by atoms with van der Waals surface area (Å²) in [6.45, 7) is 1.84. The first-order valence-electron chi connectivity index (χ1n) is 11.6. The standard InChI is InChI=1S/C21H25FN4O5.C2HF3O2/c1-30-19-16-13(18(27)12(20(28)29)7-26(16)11-2-3-11)15(24)14(22)17(19)25-6-10-4-5-31-21(10,8-23)9-25;3-2(4,5)1(6)7/h7,10-11H,2-6,8-9,23-24H2,1H3,(H,28,29);(H,6,7). The molecule has 2 atom stereocenters. The summed E-state index contributed by atoms with van der Waals surface area (Å²) in [6, 6.07) is 0.00415. The number of nitrogens with zero attached hydrogens (tertiary/aromatic N) is 2. The normalized spacial score (nSPS) is 22.7. The second-order valence-corrected chi connectivity index (χ2v) is 9.44. The molecule has 0 amide bonds. The third-order valence-electron chi connectivity index (χ3n) is 7.16. The van der Waals surface area contributed by atoms with Crippen molar-refractivity contribution in [1.29, 1.82) is 0 Å². The van der Waals surface area contributed by atoms with Crippen LogP contribution in [0.15, 0.2) is 11.0 Å². The molecule has 3 aliphatic rings. The highest BCUT2D eigenvalue weighted by atomic mass is 19.4. The van der Waals surface area contributed by atoms with Gasteiger partial charge in [-0.3, -0.25) is 4.79 Å². The van der Waals surface area contributed by atoms with E-state index < -0.39 is 40.5 Å². The molecule has 1 saturated carbocycles. The predicted octanol–water partition coefficient (Wildman–Crippen LogP) is 1.95. The Morgan fingerprint density at radius 3 is 2.37 bits per heavy atom. The third-order valence-corrected chi connectivity index (χ3v) is 7.16. The first kappa shape index (κ1) is 27.4. The zero-order valence-corrected chi connectivity index (χ0v) is 20.2. The smallest absolute Gasteiger partial charge is 0.490 e. The van der Waals surface area contributed by atoms with Gasteiger partial charge in [-0.2, -0.15) is 13.2 Å². The van der Waals surface area contributed by atoms with Crippen LogP contribution in [0, 0.1) is 11.7 Å². The van der Waals surface area contributed by atoms with Gasteiger partial charge in [0.25, 0.3) is 0 Å². The quantitative estimate of drug-likeness (QED) is 0.321. The maximum atomic E-state index is 15.7.